The second-order valence-corrected chi connectivity index (χ2v) is 8.88. The number of fused-ring (bicyclic) bond motifs is 1. The molecular weight excluding hydrogens is 446 g/mol. The van der Waals surface area contributed by atoms with E-state index < -0.39 is 0 Å². The first-order valence-electron chi connectivity index (χ1n) is 12.6. The normalized spacial score (nSPS) is 11.4. The third-order valence-electron chi connectivity index (χ3n) is 6.40. The van der Waals surface area contributed by atoms with E-state index in [2.05, 4.69) is 52.7 Å². The highest BCUT2D eigenvalue weighted by atomic mass is 32.1. The van der Waals surface area contributed by atoms with E-state index in [1.807, 2.05) is 24.3 Å². The van der Waals surface area contributed by atoms with E-state index in [1.54, 1.807) is 7.11 Å². The summed E-state index contributed by atoms with van der Waals surface area (Å²) in [5.74, 6) is 0.726. The molecule has 2 N–H and O–H groups in total. The number of thiocarbonyl (C=S) groups is 1. The van der Waals surface area contributed by atoms with Gasteiger partial charge in [-0.25, -0.2) is 0 Å². The van der Waals surface area contributed by atoms with Crippen LogP contribution in [0.15, 0.2) is 29.1 Å². The van der Waals surface area contributed by atoms with Gasteiger partial charge in [0.05, 0.1) is 19.2 Å². The first kappa shape index (κ1) is 28.1. The second kappa shape index (κ2) is 15.0. The predicted octanol–water partition coefficient (Wildman–Crippen LogP) is 3.68. The molecule has 0 spiro atoms. The minimum absolute atomic E-state index is 0.0844. The van der Waals surface area contributed by atoms with Crippen LogP contribution in [-0.2, 0) is 6.54 Å². The highest BCUT2D eigenvalue weighted by molar-refractivity contribution is 7.80. The zero-order valence-corrected chi connectivity index (χ0v) is 22.5. The van der Waals surface area contributed by atoms with Gasteiger partial charge in [0.2, 0.25) is 0 Å². The standard InChI is InChI=1S/C26H43N5O2S/c1-6-29(7-2)15-10-14-27-26(34)31(17-11-16-30(8-3)9-4)20-22-18-21-12-13-23(33-5)19-24(21)28-25(22)32/h12-13,18-19H,6-11,14-17,20H2,1-5H3,(H,27,34)(H,28,32). The Bertz CT molecular complexity index is 940. The van der Waals surface area contributed by atoms with Crippen molar-refractivity contribution in [1.82, 2.24) is 25.0 Å². The van der Waals surface area contributed by atoms with Crippen LogP contribution >= 0.6 is 12.2 Å². The summed E-state index contributed by atoms with van der Waals surface area (Å²) in [6.07, 6.45) is 2.03. The first-order valence-corrected chi connectivity index (χ1v) is 13.0. The molecule has 0 fully saturated rings. The fourth-order valence-electron chi connectivity index (χ4n) is 4.10. The smallest absolute Gasteiger partial charge is 0.253 e. The van der Waals surface area contributed by atoms with Gasteiger partial charge in [0.25, 0.3) is 5.56 Å². The lowest BCUT2D eigenvalue weighted by Gasteiger charge is -2.27. The summed E-state index contributed by atoms with van der Waals surface area (Å²) >= 11 is 5.78. The molecule has 0 radical (unpaired) electrons. The Morgan fingerprint density at radius 2 is 1.62 bits per heavy atom. The molecule has 1 heterocycles. The zero-order valence-electron chi connectivity index (χ0n) is 21.7. The van der Waals surface area contributed by atoms with Gasteiger partial charge < -0.3 is 29.7 Å². The third kappa shape index (κ3) is 8.56. The minimum atomic E-state index is -0.0844. The van der Waals surface area contributed by atoms with Crippen molar-refractivity contribution in [3.05, 3.63) is 40.2 Å². The summed E-state index contributed by atoms with van der Waals surface area (Å²) in [5, 5.41) is 5.13. The molecule has 0 atom stereocenters. The van der Waals surface area contributed by atoms with Gasteiger partial charge in [-0.2, -0.15) is 0 Å². The quantitative estimate of drug-likeness (QED) is 0.292. The highest BCUT2D eigenvalue weighted by Gasteiger charge is 2.14. The number of pyridine rings is 1. The lowest BCUT2D eigenvalue weighted by atomic mass is 10.1. The van der Waals surface area contributed by atoms with Gasteiger partial charge in [0, 0.05) is 24.7 Å². The maximum Gasteiger partial charge on any atom is 0.253 e. The van der Waals surface area contributed by atoms with E-state index in [-0.39, 0.29) is 5.56 Å². The summed E-state index contributed by atoms with van der Waals surface area (Å²) in [7, 11) is 1.62. The van der Waals surface area contributed by atoms with Crippen LogP contribution in [0, 0.1) is 0 Å². The average molecular weight is 490 g/mol. The summed E-state index contributed by atoms with van der Waals surface area (Å²) in [5.41, 5.74) is 1.41. The van der Waals surface area contributed by atoms with E-state index in [0.29, 0.717) is 17.2 Å². The number of nitrogens with zero attached hydrogens (tertiary/aromatic N) is 3. The van der Waals surface area contributed by atoms with Crippen LogP contribution in [0.3, 0.4) is 0 Å². The van der Waals surface area contributed by atoms with Crippen molar-refractivity contribution in [2.24, 2.45) is 0 Å². The molecule has 8 heteroatoms. The van der Waals surface area contributed by atoms with E-state index in [0.717, 1.165) is 81.9 Å². The van der Waals surface area contributed by atoms with E-state index in [9.17, 15) is 4.79 Å². The molecule has 2 rings (SSSR count). The van der Waals surface area contributed by atoms with Crippen LogP contribution in [0.4, 0.5) is 0 Å². The Kier molecular flexibility index (Phi) is 12.4. The monoisotopic (exact) mass is 489 g/mol. The molecule has 7 nitrogen and oxygen atoms in total. The number of rotatable bonds is 15. The number of hydrogen-bond donors (Lipinski definition) is 2. The lowest BCUT2D eigenvalue weighted by Crippen LogP contribution is -2.42. The highest BCUT2D eigenvalue weighted by Crippen LogP contribution is 2.19. The van der Waals surface area contributed by atoms with Gasteiger partial charge in [-0.1, -0.05) is 27.7 Å². The van der Waals surface area contributed by atoms with Crippen molar-refractivity contribution in [1.29, 1.82) is 0 Å². The Hall–Kier alpha value is -2.16. The number of hydrogen-bond acceptors (Lipinski definition) is 5. The molecule has 0 saturated carbocycles. The second-order valence-electron chi connectivity index (χ2n) is 8.49. The molecule has 0 aliphatic heterocycles. The van der Waals surface area contributed by atoms with Gasteiger partial charge >= 0.3 is 0 Å². The lowest BCUT2D eigenvalue weighted by molar-refractivity contribution is 0.278. The SMILES string of the molecule is CCN(CC)CCCNC(=S)N(CCCN(CC)CC)Cc1cc2ccc(OC)cc2[nH]c1=O. The molecule has 0 aliphatic carbocycles. The van der Waals surface area contributed by atoms with Gasteiger partial charge in [-0.15, -0.1) is 0 Å². The molecule has 1 aromatic heterocycles. The largest absolute Gasteiger partial charge is 0.497 e. The van der Waals surface area contributed by atoms with E-state index >= 15 is 0 Å². The van der Waals surface area contributed by atoms with Gasteiger partial charge in [-0.05, 0) is 87.9 Å². The van der Waals surface area contributed by atoms with Crippen molar-refractivity contribution in [3.63, 3.8) is 0 Å². The Labute approximate surface area is 210 Å². The maximum atomic E-state index is 12.9. The van der Waals surface area contributed by atoms with Crippen molar-refractivity contribution in [3.8, 4) is 5.75 Å². The van der Waals surface area contributed by atoms with Crippen molar-refractivity contribution in [2.75, 3.05) is 59.5 Å². The topological polar surface area (TPSA) is 63.8 Å². The number of H-pyrrole nitrogens is 1. The van der Waals surface area contributed by atoms with Crippen molar-refractivity contribution in [2.45, 2.75) is 47.1 Å². The number of ether oxygens (including phenoxy) is 1. The fourth-order valence-corrected chi connectivity index (χ4v) is 4.36. The van der Waals surface area contributed by atoms with Gasteiger partial charge in [0.1, 0.15) is 5.75 Å². The molecule has 0 unspecified atom stereocenters. The summed E-state index contributed by atoms with van der Waals surface area (Å²) < 4.78 is 5.28. The summed E-state index contributed by atoms with van der Waals surface area (Å²) in [6.45, 7) is 17.2. The number of benzene rings is 1. The molecular formula is C26H43N5O2S. The summed E-state index contributed by atoms with van der Waals surface area (Å²) in [4.78, 5) is 22.8. The Balaban J connectivity index is 2.10. The van der Waals surface area contributed by atoms with Crippen molar-refractivity contribution < 1.29 is 4.74 Å². The molecule has 1 aromatic carbocycles. The van der Waals surface area contributed by atoms with Crippen LogP contribution < -0.4 is 15.6 Å². The van der Waals surface area contributed by atoms with Crippen LogP contribution in [-0.4, -0.2) is 84.3 Å². The van der Waals surface area contributed by atoms with Crippen LogP contribution in [0.1, 0.15) is 46.1 Å². The number of aromatic amines is 1. The summed E-state index contributed by atoms with van der Waals surface area (Å²) in [6, 6.07) is 7.70. The number of nitrogens with one attached hydrogen (secondary N) is 2. The Morgan fingerprint density at radius 1 is 0.971 bits per heavy atom. The maximum absolute atomic E-state index is 12.9. The van der Waals surface area contributed by atoms with Gasteiger partial charge in [-0.3, -0.25) is 4.79 Å². The van der Waals surface area contributed by atoms with E-state index in [1.165, 1.54) is 0 Å². The van der Waals surface area contributed by atoms with Crippen LogP contribution in [0.5, 0.6) is 5.75 Å². The fraction of sp³-hybridized carbons (Fsp3) is 0.615. The number of aromatic nitrogens is 1. The average Bonchev–Trinajstić information content (AvgIpc) is 2.85. The molecule has 0 saturated heterocycles. The third-order valence-corrected chi connectivity index (χ3v) is 6.80. The van der Waals surface area contributed by atoms with Gasteiger partial charge in [0.15, 0.2) is 5.11 Å². The molecule has 2 aromatic rings. The zero-order chi connectivity index (χ0) is 24.9. The van der Waals surface area contributed by atoms with Crippen LogP contribution in [0.2, 0.25) is 0 Å². The first-order chi connectivity index (χ1) is 16.4. The van der Waals surface area contributed by atoms with E-state index in [4.69, 9.17) is 17.0 Å². The molecule has 190 valence electrons. The molecule has 0 bridgehead atoms. The Morgan fingerprint density at radius 3 is 2.24 bits per heavy atom. The number of methoxy groups -OCH3 is 1. The molecule has 34 heavy (non-hydrogen) atoms. The predicted molar refractivity (Wildman–Crippen MR) is 147 cm³/mol. The minimum Gasteiger partial charge on any atom is -0.497 e. The molecule has 0 amide bonds. The molecule has 0 aliphatic rings. The van der Waals surface area contributed by atoms with Crippen LogP contribution in [0.25, 0.3) is 10.9 Å². The van der Waals surface area contributed by atoms with Crippen molar-refractivity contribution >= 4 is 28.2 Å².